The van der Waals surface area contributed by atoms with Crippen LogP contribution in [0.1, 0.15) is 23.9 Å². The molecule has 0 saturated heterocycles. The van der Waals surface area contributed by atoms with Crippen LogP contribution in [0.25, 0.3) is 0 Å². The monoisotopic (exact) mass is 345 g/mol. The molecule has 2 aromatic rings. The molecule has 0 radical (unpaired) electrons. The summed E-state index contributed by atoms with van der Waals surface area (Å²) < 4.78 is 1.94. The van der Waals surface area contributed by atoms with Gasteiger partial charge in [-0.3, -0.25) is 14.8 Å². The Morgan fingerprint density at radius 1 is 1.28 bits per heavy atom. The SMILES string of the molecule is Cc1cc(C)n(CC(C)CNC(=O)NCc2ccc([N+](=O)[O-])cc2)n1. The largest absolute Gasteiger partial charge is 0.338 e. The third-order valence-electron chi connectivity index (χ3n) is 3.80. The van der Waals surface area contributed by atoms with Crippen molar-refractivity contribution >= 4 is 11.7 Å². The number of aromatic nitrogens is 2. The van der Waals surface area contributed by atoms with Gasteiger partial charge in [0.2, 0.25) is 0 Å². The number of hydrogen-bond donors (Lipinski definition) is 2. The van der Waals surface area contributed by atoms with Gasteiger partial charge in [-0.15, -0.1) is 0 Å². The summed E-state index contributed by atoms with van der Waals surface area (Å²) in [4.78, 5) is 22.0. The zero-order chi connectivity index (χ0) is 18.4. The molecule has 134 valence electrons. The Labute approximate surface area is 146 Å². The highest BCUT2D eigenvalue weighted by Crippen LogP contribution is 2.11. The lowest BCUT2D eigenvalue weighted by molar-refractivity contribution is -0.384. The van der Waals surface area contributed by atoms with Crippen molar-refractivity contribution in [1.82, 2.24) is 20.4 Å². The van der Waals surface area contributed by atoms with E-state index in [0.29, 0.717) is 13.1 Å². The quantitative estimate of drug-likeness (QED) is 0.594. The third-order valence-corrected chi connectivity index (χ3v) is 3.80. The Hall–Kier alpha value is -2.90. The zero-order valence-corrected chi connectivity index (χ0v) is 14.7. The van der Waals surface area contributed by atoms with Crippen molar-refractivity contribution in [2.75, 3.05) is 6.54 Å². The van der Waals surface area contributed by atoms with Crippen LogP contribution in [-0.2, 0) is 13.1 Å². The molecular formula is C17H23N5O3. The molecule has 1 heterocycles. The van der Waals surface area contributed by atoms with Gasteiger partial charge in [-0.2, -0.15) is 5.10 Å². The first kappa shape index (κ1) is 18.4. The number of nitrogens with zero attached hydrogens (tertiary/aromatic N) is 3. The molecule has 0 aliphatic heterocycles. The first-order chi connectivity index (χ1) is 11.8. The molecule has 25 heavy (non-hydrogen) atoms. The van der Waals surface area contributed by atoms with Gasteiger partial charge in [0, 0.05) is 37.5 Å². The van der Waals surface area contributed by atoms with Crippen LogP contribution in [0.2, 0.25) is 0 Å². The van der Waals surface area contributed by atoms with Gasteiger partial charge in [-0.25, -0.2) is 4.79 Å². The minimum atomic E-state index is -0.450. The van der Waals surface area contributed by atoms with Gasteiger partial charge in [0.15, 0.2) is 0 Å². The summed E-state index contributed by atoms with van der Waals surface area (Å²) in [7, 11) is 0. The number of carbonyl (C=O) groups is 1. The highest BCUT2D eigenvalue weighted by Gasteiger charge is 2.09. The van der Waals surface area contributed by atoms with E-state index in [2.05, 4.69) is 15.7 Å². The van der Waals surface area contributed by atoms with Crippen molar-refractivity contribution in [3.05, 3.63) is 57.4 Å². The molecule has 1 atom stereocenters. The molecule has 0 saturated carbocycles. The second-order valence-electron chi connectivity index (χ2n) is 6.20. The van der Waals surface area contributed by atoms with Gasteiger partial charge in [0.1, 0.15) is 0 Å². The minimum absolute atomic E-state index is 0.0335. The first-order valence-corrected chi connectivity index (χ1v) is 8.11. The van der Waals surface area contributed by atoms with Gasteiger partial charge >= 0.3 is 6.03 Å². The standard InChI is InChI=1S/C17H23N5O3/c1-12(11-21-14(3)8-13(2)20-21)9-18-17(23)19-10-15-4-6-16(7-5-15)22(24)25/h4-8,12H,9-11H2,1-3H3,(H2,18,19,23). The van der Waals surface area contributed by atoms with Crippen molar-refractivity contribution in [1.29, 1.82) is 0 Å². The van der Waals surface area contributed by atoms with Crippen molar-refractivity contribution in [2.45, 2.75) is 33.9 Å². The first-order valence-electron chi connectivity index (χ1n) is 8.11. The summed E-state index contributed by atoms with van der Waals surface area (Å²) in [6.45, 7) is 7.60. The molecule has 1 unspecified atom stereocenters. The van der Waals surface area contributed by atoms with Crippen LogP contribution in [0.5, 0.6) is 0 Å². The molecule has 0 fully saturated rings. The number of carbonyl (C=O) groups excluding carboxylic acids is 1. The van der Waals surface area contributed by atoms with E-state index in [9.17, 15) is 14.9 Å². The van der Waals surface area contributed by atoms with Crippen LogP contribution in [0.15, 0.2) is 30.3 Å². The van der Waals surface area contributed by atoms with E-state index < -0.39 is 4.92 Å². The predicted octanol–water partition coefficient (Wildman–Crippen LogP) is 2.54. The number of hydrogen-bond acceptors (Lipinski definition) is 4. The van der Waals surface area contributed by atoms with Crippen LogP contribution < -0.4 is 10.6 Å². The fraction of sp³-hybridized carbons (Fsp3) is 0.412. The maximum atomic E-state index is 11.9. The lowest BCUT2D eigenvalue weighted by Gasteiger charge is -2.14. The molecule has 0 spiro atoms. The lowest BCUT2D eigenvalue weighted by atomic mass is 10.2. The van der Waals surface area contributed by atoms with Gasteiger partial charge in [-0.1, -0.05) is 19.1 Å². The molecule has 1 aromatic heterocycles. The Balaban J connectivity index is 1.73. The van der Waals surface area contributed by atoms with E-state index in [4.69, 9.17) is 0 Å². The predicted molar refractivity (Wildman–Crippen MR) is 94.2 cm³/mol. The summed E-state index contributed by atoms with van der Waals surface area (Å²) >= 11 is 0. The average molecular weight is 345 g/mol. The van der Waals surface area contributed by atoms with E-state index >= 15 is 0 Å². The third kappa shape index (κ3) is 5.59. The molecule has 8 nitrogen and oxygen atoms in total. The van der Waals surface area contributed by atoms with E-state index in [0.717, 1.165) is 23.5 Å². The summed E-state index contributed by atoms with van der Waals surface area (Å²) in [6, 6.07) is 7.86. The van der Waals surface area contributed by atoms with Crippen LogP contribution in [0.4, 0.5) is 10.5 Å². The Bertz CT molecular complexity index is 739. The van der Waals surface area contributed by atoms with Crippen molar-refractivity contribution < 1.29 is 9.72 Å². The number of amides is 2. The highest BCUT2D eigenvalue weighted by atomic mass is 16.6. The molecule has 0 bridgehead atoms. The second-order valence-corrected chi connectivity index (χ2v) is 6.20. The maximum absolute atomic E-state index is 11.9. The van der Waals surface area contributed by atoms with E-state index in [1.807, 2.05) is 31.5 Å². The van der Waals surface area contributed by atoms with Gasteiger partial charge < -0.3 is 10.6 Å². The van der Waals surface area contributed by atoms with Gasteiger partial charge in [0.05, 0.1) is 10.6 Å². The van der Waals surface area contributed by atoms with Gasteiger partial charge in [0.25, 0.3) is 5.69 Å². The molecule has 1 aromatic carbocycles. The minimum Gasteiger partial charge on any atom is -0.338 e. The van der Waals surface area contributed by atoms with E-state index in [-0.39, 0.29) is 17.6 Å². The van der Waals surface area contributed by atoms with E-state index in [1.165, 1.54) is 12.1 Å². The number of benzene rings is 1. The van der Waals surface area contributed by atoms with Crippen LogP contribution in [0, 0.1) is 29.9 Å². The number of nitro benzene ring substituents is 1. The van der Waals surface area contributed by atoms with Crippen molar-refractivity contribution in [3.63, 3.8) is 0 Å². The normalized spacial score (nSPS) is 11.8. The summed E-state index contributed by atoms with van der Waals surface area (Å²) in [5.41, 5.74) is 2.92. The Kier molecular flexibility index (Phi) is 6.10. The lowest BCUT2D eigenvalue weighted by Crippen LogP contribution is -2.38. The summed E-state index contributed by atoms with van der Waals surface area (Å²) in [5, 5.41) is 20.6. The van der Waals surface area contributed by atoms with E-state index in [1.54, 1.807) is 12.1 Å². The summed E-state index contributed by atoms with van der Waals surface area (Å²) in [6.07, 6.45) is 0. The smallest absolute Gasteiger partial charge is 0.315 e. The van der Waals surface area contributed by atoms with Crippen LogP contribution >= 0.6 is 0 Å². The number of rotatable bonds is 7. The van der Waals surface area contributed by atoms with Gasteiger partial charge in [-0.05, 0) is 31.4 Å². The Morgan fingerprint density at radius 3 is 2.52 bits per heavy atom. The summed E-state index contributed by atoms with van der Waals surface area (Å²) in [5.74, 6) is 0.239. The maximum Gasteiger partial charge on any atom is 0.315 e. The van der Waals surface area contributed by atoms with Crippen LogP contribution in [-0.4, -0.2) is 27.3 Å². The molecule has 0 aliphatic rings. The number of non-ortho nitro benzene ring substituents is 1. The number of nitrogens with one attached hydrogen (secondary N) is 2. The molecule has 2 N–H and O–H groups in total. The van der Waals surface area contributed by atoms with Crippen molar-refractivity contribution in [3.8, 4) is 0 Å². The fourth-order valence-corrected chi connectivity index (χ4v) is 2.47. The number of aryl methyl sites for hydroxylation is 2. The number of urea groups is 1. The molecule has 2 rings (SSSR count). The number of nitro groups is 1. The molecule has 0 aliphatic carbocycles. The second kappa shape index (κ2) is 8.27. The molecular weight excluding hydrogens is 322 g/mol. The zero-order valence-electron chi connectivity index (χ0n) is 14.7. The molecule has 2 amide bonds. The average Bonchev–Trinajstić information content (AvgIpc) is 2.88. The fourth-order valence-electron chi connectivity index (χ4n) is 2.47. The Morgan fingerprint density at radius 2 is 1.96 bits per heavy atom. The van der Waals surface area contributed by atoms with Crippen molar-refractivity contribution in [2.24, 2.45) is 5.92 Å². The molecule has 8 heteroatoms. The highest BCUT2D eigenvalue weighted by molar-refractivity contribution is 5.73. The van der Waals surface area contributed by atoms with Crippen LogP contribution in [0.3, 0.4) is 0 Å². The topological polar surface area (TPSA) is 102 Å².